The van der Waals surface area contributed by atoms with Gasteiger partial charge in [0.2, 0.25) is 0 Å². The molecule has 1 aliphatic carbocycles. The molecular weight excluding hydrogens is 883 g/mol. The highest BCUT2D eigenvalue weighted by Crippen LogP contribution is 2.33. The van der Waals surface area contributed by atoms with Crippen LogP contribution in [0.1, 0.15) is 129 Å². The molecular formula is C45H81N5O17. The van der Waals surface area contributed by atoms with Crippen LogP contribution in [0.15, 0.2) is 0 Å². The Labute approximate surface area is 395 Å². The molecule has 3 aliphatic heterocycles. The van der Waals surface area contributed by atoms with E-state index in [0.29, 0.717) is 13.0 Å². The van der Waals surface area contributed by atoms with E-state index >= 15 is 0 Å². The molecule has 22 nitrogen and oxygen atoms in total. The lowest BCUT2D eigenvalue weighted by Gasteiger charge is -2.49. The Bertz CT molecular complexity index is 1620. The minimum Gasteiger partial charge on any atom is -0.444 e. The van der Waals surface area contributed by atoms with E-state index in [9.17, 15) is 34.5 Å². The van der Waals surface area contributed by atoms with E-state index < -0.39 is 126 Å². The van der Waals surface area contributed by atoms with Crippen LogP contribution in [0.4, 0.5) is 19.2 Å². The Hall–Kier alpha value is -3.32. The standard InChI is InChI=1S/C45H81N5O17/c1-41(2,3)64-37(53)47-27-18-17-25(23-50(40(56)67-44(10,11)12)19-21-59-29-16-14-15-20-58-29)61-35(27)63-33-28(48-38(54)65-42(4,5)6)22-26(46)32(30(33)51)62-36-31(52)34(45(13,57)24-60-36)49-39(55)66-43(7,8)9/h25-36,51-52,57H,14-24,46H2,1-13H3,(H,47,53)(H,48,54)(H,49,55)/t25-,26+,27?,28-,29?,30?,31?,32?,33?,34+,35-,36-,45?/m0/s1. The summed E-state index contributed by atoms with van der Waals surface area (Å²) in [5, 5.41) is 43.0. The summed E-state index contributed by atoms with van der Waals surface area (Å²) in [6, 6.07) is -4.33. The van der Waals surface area contributed by atoms with Crippen molar-refractivity contribution < 1.29 is 81.9 Å². The summed E-state index contributed by atoms with van der Waals surface area (Å²) < 4.78 is 59.1. The summed E-state index contributed by atoms with van der Waals surface area (Å²) in [6.45, 7) is 22.3. The molecule has 1 saturated carbocycles. The minimum absolute atomic E-state index is 0.0193. The zero-order chi connectivity index (χ0) is 50.3. The summed E-state index contributed by atoms with van der Waals surface area (Å²) in [6.07, 6.45) is -10.1. The number of nitrogens with one attached hydrogen (secondary N) is 3. The number of aliphatic hydroxyl groups excluding tert-OH is 2. The normalized spacial score (nSPS) is 33.1. The average Bonchev–Trinajstić information content (AvgIpc) is 3.15. The number of hydrogen-bond acceptors (Lipinski definition) is 18. The van der Waals surface area contributed by atoms with E-state index in [4.69, 9.17) is 53.1 Å². The molecule has 0 aromatic carbocycles. The van der Waals surface area contributed by atoms with E-state index in [2.05, 4.69) is 16.0 Å². The Balaban J connectivity index is 1.64. The van der Waals surface area contributed by atoms with Crippen LogP contribution in [0.5, 0.6) is 0 Å². The minimum atomic E-state index is -1.78. The molecule has 22 heteroatoms. The van der Waals surface area contributed by atoms with Gasteiger partial charge in [0.25, 0.3) is 0 Å². The first-order valence-electron chi connectivity index (χ1n) is 23.4. The van der Waals surface area contributed by atoms with Crippen LogP contribution < -0.4 is 21.7 Å². The van der Waals surface area contributed by atoms with Crippen LogP contribution in [0.25, 0.3) is 0 Å². The SMILES string of the molecule is CC(C)(C)OC(=O)NC1CC[C@@H](CN(CCOC2CCCCO2)C(=O)OC(C)(C)C)O[C@H]1OC1C(O)C(O[C@@H]2OCC(C)(O)[C@H](NC(=O)OC(C)(C)C)C2O)[C@H](N)C[C@@H]1NC(=O)OC(C)(C)C. The quantitative estimate of drug-likeness (QED) is 0.130. The van der Waals surface area contributed by atoms with Crippen molar-refractivity contribution >= 4 is 24.4 Å². The van der Waals surface area contributed by atoms with Gasteiger partial charge in [-0.25, -0.2) is 19.2 Å². The fourth-order valence-corrected chi connectivity index (χ4v) is 7.95. The first-order chi connectivity index (χ1) is 30.8. The molecule has 3 heterocycles. The number of carbonyl (C=O) groups excluding carboxylic acids is 4. The van der Waals surface area contributed by atoms with Crippen molar-refractivity contribution in [2.24, 2.45) is 5.73 Å². The third-order valence-corrected chi connectivity index (χ3v) is 10.8. The zero-order valence-corrected chi connectivity index (χ0v) is 41.8. The largest absolute Gasteiger partial charge is 0.444 e. The van der Waals surface area contributed by atoms with Crippen molar-refractivity contribution in [2.45, 2.75) is 230 Å². The van der Waals surface area contributed by atoms with Gasteiger partial charge in [-0.3, -0.25) is 0 Å². The second-order valence-corrected chi connectivity index (χ2v) is 22.0. The van der Waals surface area contributed by atoms with Crippen LogP contribution in [0, 0.1) is 0 Å². The number of ether oxygens (including phenoxy) is 10. The molecule has 8 N–H and O–H groups in total. The lowest BCUT2D eigenvalue weighted by molar-refractivity contribution is -0.308. The van der Waals surface area contributed by atoms with Crippen molar-refractivity contribution in [2.75, 3.05) is 32.9 Å². The van der Waals surface area contributed by atoms with Gasteiger partial charge < -0.3 is 89.3 Å². The van der Waals surface area contributed by atoms with Crippen molar-refractivity contribution in [3.8, 4) is 0 Å². The number of rotatable bonds is 13. The Morgan fingerprint density at radius 2 is 1.25 bits per heavy atom. The van der Waals surface area contributed by atoms with Crippen molar-refractivity contribution in [1.29, 1.82) is 0 Å². The van der Waals surface area contributed by atoms with E-state index in [-0.39, 0.29) is 38.8 Å². The summed E-state index contributed by atoms with van der Waals surface area (Å²) in [5.41, 5.74) is 1.42. The van der Waals surface area contributed by atoms with Crippen LogP contribution >= 0.6 is 0 Å². The van der Waals surface area contributed by atoms with Crippen LogP contribution in [0.2, 0.25) is 0 Å². The first kappa shape index (κ1) is 56.3. The predicted molar refractivity (Wildman–Crippen MR) is 239 cm³/mol. The molecule has 4 rings (SSSR count). The Kier molecular flexibility index (Phi) is 19.4. The van der Waals surface area contributed by atoms with Gasteiger partial charge in [-0.15, -0.1) is 0 Å². The number of alkyl carbamates (subject to hydrolysis) is 3. The summed E-state index contributed by atoms with van der Waals surface area (Å²) in [5.74, 6) is 0. The molecule has 0 aromatic heterocycles. The number of amides is 4. The highest BCUT2D eigenvalue weighted by atomic mass is 16.7. The van der Waals surface area contributed by atoms with Gasteiger partial charge in [0.1, 0.15) is 52.4 Å². The predicted octanol–water partition coefficient (Wildman–Crippen LogP) is 3.28. The molecule has 4 amide bonds. The molecule has 388 valence electrons. The van der Waals surface area contributed by atoms with Gasteiger partial charge in [-0.05, 0) is 129 Å². The maximum atomic E-state index is 13.6. The molecule has 7 unspecified atom stereocenters. The number of carbonyl (C=O) groups is 4. The fraction of sp³-hybridized carbons (Fsp3) is 0.911. The molecule has 4 aliphatic rings. The van der Waals surface area contributed by atoms with Gasteiger partial charge in [0.15, 0.2) is 18.9 Å². The number of aliphatic hydroxyl groups is 3. The highest BCUT2D eigenvalue weighted by Gasteiger charge is 2.53. The van der Waals surface area contributed by atoms with Gasteiger partial charge >= 0.3 is 24.4 Å². The molecule has 13 atom stereocenters. The topological polar surface area (TPSA) is 287 Å². The number of nitrogens with two attached hydrogens (primary N) is 1. The smallest absolute Gasteiger partial charge is 0.410 e. The van der Waals surface area contributed by atoms with Crippen LogP contribution in [0.3, 0.4) is 0 Å². The number of nitrogens with zero attached hydrogens (tertiary/aromatic N) is 1. The fourth-order valence-electron chi connectivity index (χ4n) is 7.95. The summed E-state index contributed by atoms with van der Waals surface area (Å²) >= 11 is 0. The van der Waals surface area contributed by atoms with Gasteiger partial charge in [-0.1, -0.05) is 0 Å². The zero-order valence-electron chi connectivity index (χ0n) is 41.8. The second-order valence-electron chi connectivity index (χ2n) is 22.0. The first-order valence-corrected chi connectivity index (χ1v) is 23.4. The molecule has 0 spiro atoms. The summed E-state index contributed by atoms with van der Waals surface area (Å²) in [7, 11) is 0. The highest BCUT2D eigenvalue weighted by molar-refractivity contribution is 5.69. The van der Waals surface area contributed by atoms with Crippen LogP contribution in [-0.4, -0.2) is 179 Å². The Morgan fingerprint density at radius 1 is 0.701 bits per heavy atom. The number of hydrogen-bond donors (Lipinski definition) is 7. The van der Waals surface area contributed by atoms with E-state index in [1.807, 2.05) is 0 Å². The van der Waals surface area contributed by atoms with Gasteiger partial charge in [0.05, 0.1) is 44.0 Å². The molecule has 67 heavy (non-hydrogen) atoms. The second kappa shape index (κ2) is 23.1. The lowest BCUT2D eigenvalue weighted by Crippen LogP contribution is -2.70. The molecule has 4 fully saturated rings. The van der Waals surface area contributed by atoms with E-state index in [0.717, 1.165) is 19.3 Å². The lowest BCUT2D eigenvalue weighted by atomic mass is 9.83. The Morgan fingerprint density at radius 3 is 1.81 bits per heavy atom. The third kappa shape index (κ3) is 18.5. The van der Waals surface area contributed by atoms with Crippen LogP contribution in [-0.2, 0) is 47.4 Å². The van der Waals surface area contributed by atoms with Crippen molar-refractivity contribution in [1.82, 2.24) is 20.9 Å². The molecule has 0 radical (unpaired) electrons. The molecule has 0 bridgehead atoms. The third-order valence-electron chi connectivity index (χ3n) is 10.8. The van der Waals surface area contributed by atoms with Crippen molar-refractivity contribution in [3.63, 3.8) is 0 Å². The van der Waals surface area contributed by atoms with Crippen molar-refractivity contribution in [3.05, 3.63) is 0 Å². The molecule has 0 aromatic rings. The van der Waals surface area contributed by atoms with E-state index in [1.165, 1.54) is 11.8 Å². The monoisotopic (exact) mass is 964 g/mol. The van der Waals surface area contributed by atoms with Gasteiger partial charge in [0, 0.05) is 19.2 Å². The maximum absolute atomic E-state index is 13.6. The molecule has 3 saturated heterocycles. The maximum Gasteiger partial charge on any atom is 0.410 e. The summed E-state index contributed by atoms with van der Waals surface area (Å²) in [4.78, 5) is 54.5. The van der Waals surface area contributed by atoms with Gasteiger partial charge in [-0.2, -0.15) is 0 Å². The average molecular weight is 964 g/mol. The van der Waals surface area contributed by atoms with E-state index in [1.54, 1.807) is 83.1 Å².